The van der Waals surface area contributed by atoms with Crippen molar-refractivity contribution in [2.45, 2.75) is 39.3 Å². The van der Waals surface area contributed by atoms with Crippen molar-refractivity contribution < 1.29 is 4.74 Å². The van der Waals surface area contributed by atoms with Crippen molar-refractivity contribution in [3.8, 4) is 5.88 Å². The van der Waals surface area contributed by atoms with E-state index in [1.165, 1.54) is 11.1 Å². The van der Waals surface area contributed by atoms with Gasteiger partial charge in [-0.3, -0.25) is 9.88 Å². The van der Waals surface area contributed by atoms with Crippen LogP contribution in [0.2, 0.25) is 0 Å². The van der Waals surface area contributed by atoms with Gasteiger partial charge < -0.3 is 4.74 Å². The Morgan fingerprint density at radius 3 is 2.45 bits per heavy atom. The number of hydrogen-bond acceptors (Lipinski definition) is 4. The van der Waals surface area contributed by atoms with Gasteiger partial charge in [0.1, 0.15) is 6.10 Å². The molecule has 1 aliphatic rings. The minimum atomic E-state index is 0.229. The van der Waals surface area contributed by atoms with E-state index in [0.29, 0.717) is 11.8 Å². The first-order valence-electron chi connectivity index (χ1n) is 7.86. The summed E-state index contributed by atoms with van der Waals surface area (Å²) in [5.41, 5.74) is 3.66. The van der Waals surface area contributed by atoms with Crippen LogP contribution < -0.4 is 4.74 Å². The summed E-state index contributed by atoms with van der Waals surface area (Å²) in [6.45, 7) is 9.24. The Morgan fingerprint density at radius 1 is 1.14 bits per heavy atom. The molecule has 1 saturated heterocycles. The highest BCUT2D eigenvalue weighted by atomic mass is 16.5. The normalized spacial score (nSPS) is 15.8. The Hall–Kier alpha value is -1.94. The zero-order chi connectivity index (χ0) is 15.5. The summed E-state index contributed by atoms with van der Waals surface area (Å²) in [5, 5.41) is 0. The van der Waals surface area contributed by atoms with Crippen molar-refractivity contribution in [2.75, 3.05) is 13.1 Å². The molecule has 1 aromatic heterocycles. The molecule has 3 rings (SSSR count). The Kier molecular flexibility index (Phi) is 4.39. The van der Waals surface area contributed by atoms with Gasteiger partial charge in [-0.25, -0.2) is 4.98 Å². The largest absolute Gasteiger partial charge is 0.471 e. The highest BCUT2D eigenvalue weighted by molar-refractivity contribution is 5.24. The third kappa shape index (κ3) is 3.63. The van der Waals surface area contributed by atoms with Gasteiger partial charge in [0, 0.05) is 19.6 Å². The maximum absolute atomic E-state index is 5.81. The predicted octanol–water partition coefficient (Wildman–Crippen LogP) is 3.17. The molecule has 0 bridgehead atoms. The molecule has 0 unspecified atom stereocenters. The highest BCUT2D eigenvalue weighted by Gasteiger charge is 2.28. The third-order valence-electron chi connectivity index (χ3n) is 4.02. The second-order valence-corrected chi connectivity index (χ2v) is 6.33. The molecule has 2 heterocycles. The maximum Gasteiger partial charge on any atom is 0.232 e. The van der Waals surface area contributed by atoms with Crippen LogP contribution in [0.1, 0.15) is 36.6 Å². The van der Waals surface area contributed by atoms with Gasteiger partial charge in [0.15, 0.2) is 0 Å². The molecule has 2 aromatic rings. The number of likely N-dealkylation sites (tertiary alicyclic amines) is 1. The fourth-order valence-corrected chi connectivity index (χ4v) is 2.60. The first-order valence-corrected chi connectivity index (χ1v) is 7.86. The van der Waals surface area contributed by atoms with Crippen molar-refractivity contribution in [3.05, 3.63) is 53.5 Å². The number of hydrogen-bond donors (Lipinski definition) is 0. The van der Waals surface area contributed by atoms with E-state index in [2.05, 4.69) is 53.0 Å². The summed E-state index contributed by atoms with van der Waals surface area (Å²) >= 11 is 0. The summed E-state index contributed by atoms with van der Waals surface area (Å²) in [7, 11) is 0. The SMILES string of the molecule is Cc1cnc(OC2CN(Cc3ccc(C(C)C)cc3)C2)cn1. The molecule has 1 aromatic carbocycles. The highest BCUT2D eigenvalue weighted by Crippen LogP contribution is 2.20. The van der Waals surface area contributed by atoms with Crippen LogP contribution in [0.15, 0.2) is 36.7 Å². The lowest BCUT2D eigenvalue weighted by molar-refractivity contribution is 0.0116. The molecule has 1 fully saturated rings. The number of nitrogens with zero attached hydrogens (tertiary/aromatic N) is 3. The van der Waals surface area contributed by atoms with E-state index in [9.17, 15) is 0 Å². The lowest BCUT2D eigenvalue weighted by Gasteiger charge is -2.38. The minimum Gasteiger partial charge on any atom is -0.471 e. The Bertz CT molecular complexity index is 601. The monoisotopic (exact) mass is 297 g/mol. The molecule has 0 radical (unpaired) electrons. The predicted molar refractivity (Wildman–Crippen MR) is 87.0 cm³/mol. The fourth-order valence-electron chi connectivity index (χ4n) is 2.60. The summed E-state index contributed by atoms with van der Waals surface area (Å²) in [5.74, 6) is 1.21. The average molecular weight is 297 g/mol. The number of ether oxygens (including phenoxy) is 1. The summed E-state index contributed by atoms with van der Waals surface area (Å²) < 4.78 is 5.81. The molecule has 0 N–H and O–H groups in total. The van der Waals surface area contributed by atoms with Crippen molar-refractivity contribution >= 4 is 0 Å². The maximum atomic E-state index is 5.81. The number of rotatable bonds is 5. The first-order chi connectivity index (χ1) is 10.6. The van der Waals surface area contributed by atoms with Crippen LogP contribution in [0, 0.1) is 6.92 Å². The van der Waals surface area contributed by atoms with Crippen molar-refractivity contribution in [2.24, 2.45) is 0 Å². The van der Waals surface area contributed by atoms with Crippen molar-refractivity contribution in [3.63, 3.8) is 0 Å². The zero-order valence-electron chi connectivity index (χ0n) is 13.5. The molecule has 0 atom stereocenters. The van der Waals surface area contributed by atoms with Gasteiger partial charge in [0.25, 0.3) is 0 Å². The number of benzene rings is 1. The van der Waals surface area contributed by atoms with E-state index in [0.717, 1.165) is 25.3 Å². The Labute approximate surface area is 132 Å². The lowest BCUT2D eigenvalue weighted by atomic mass is 10.0. The average Bonchev–Trinajstić information content (AvgIpc) is 2.47. The Morgan fingerprint density at radius 2 is 1.86 bits per heavy atom. The molecule has 4 nitrogen and oxygen atoms in total. The van der Waals surface area contributed by atoms with Crippen LogP contribution in [0.3, 0.4) is 0 Å². The van der Waals surface area contributed by atoms with Crippen LogP contribution in [-0.2, 0) is 6.54 Å². The minimum absolute atomic E-state index is 0.229. The van der Waals surface area contributed by atoms with Gasteiger partial charge in [-0.05, 0) is 24.0 Å². The van der Waals surface area contributed by atoms with Crippen LogP contribution >= 0.6 is 0 Å². The molecule has 0 spiro atoms. The van der Waals surface area contributed by atoms with Crippen LogP contribution in [-0.4, -0.2) is 34.1 Å². The van der Waals surface area contributed by atoms with Gasteiger partial charge in [-0.15, -0.1) is 0 Å². The molecule has 22 heavy (non-hydrogen) atoms. The molecule has 0 saturated carbocycles. The zero-order valence-corrected chi connectivity index (χ0v) is 13.5. The molecule has 4 heteroatoms. The van der Waals surface area contributed by atoms with Crippen LogP contribution in [0.4, 0.5) is 0 Å². The Balaban J connectivity index is 1.46. The topological polar surface area (TPSA) is 38.2 Å². The van der Waals surface area contributed by atoms with Gasteiger partial charge in [0.2, 0.25) is 5.88 Å². The van der Waals surface area contributed by atoms with Gasteiger partial charge in [0.05, 0.1) is 18.1 Å². The van der Waals surface area contributed by atoms with Gasteiger partial charge in [-0.2, -0.15) is 0 Å². The van der Waals surface area contributed by atoms with E-state index in [4.69, 9.17) is 4.74 Å². The quantitative estimate of drug-likeness (QED) is 0.849. The first kappa shape index (κ1) is 15.0. The van der Waals surface area contributed by atoms with E-state index in [1.807, 2.05) is 6.92 Å². The van der Waals surface area contributed by atoms with E-state index in [1.54, 1.807) is 12.4 Å². The summed E-state index contributed by atoms with van der Waals surface area (Å²) in [6.07, 6.45) is 3.66. The second-order valence-electron chi connectivity index (χ2n) is 6.33. The molecule has 0 aliphatic carbocycles. The van der Waals surface area contributed by atoms with E-state index >= 15 is 0 Å². The van der Waals surface area contributed by atoms with Crippen molar-refractivity contribution in [1.82, 2.24) is 14.9 Å². The molecule has 116 valence electrons. The lowest BCUT2D eigenvalue weighted by Crippen LogP contribution is -2.53. The molecular formula is C18H23N3O. The molecular weight excluding hydrogens is 274 g/mol. The summed E-state index contributed by atoms with van der Waals surface area (Å²) in [4.78, 5) is 10.8. The standard InChI is InChI=1S/C18H23N3O/c1-13(2)16-6-4-15(5-7-16)10-21-11-17(12-21)22-18-9-19-14(3)8-20-18/h4-9,13,17H,10-12H2,1-3H3. The van der Waals surface area contributed by atoms with Gasteiger partial charge >= 0.3 is 0 Å². The van der Waals surface area contributed by atoms with Gasteiger partial charge in [-0.1, -0.05) is 38.1 Å². The molecule has 0 amide bonds. The number of aryl methyl sites for hydroxylation is 1. The van der Waals surface area contributed by atoms with E-state index < -0.39 is 0 Å². The molecule has 1 aliphatic heterocycles. The van der Waals surface area contributed by atoms with Crippen LogP contribution in [0.5, 0.6) is 5.88 Å². The van der Waals surface area contributed by atoms with E-state index in [-0.39, 0.29) is 6.10 Å². The smallest absolute Gasteiger partial charge is 0.232 e. The summed E-state index contributed by atoms with van der Waals surface area (Å²) in [6, 6.07) is 8.93. The second kappa shape index (κ2) is 6.44. The van der Waals surface area contributed by atoms with Crippen LogP contribution in [0.25, 0.3) is 0 Å². The fraction of sp³-hybridized carbons (Fsp3) is 0.444. The number of aromatic nitrogens is 2. The van der Waals surface area contributed by atoms with Crippen molar-refractivity contribution in [1.29, 1.82) is 0 Å². The third-order valence-corrected chi connectivity index (χ3v) is 4.02.